The molecule has 1 aromatic heterocycles. The Morgan fingerprint density at radius 2 is 2.50 bits per heavy atom. The van der Waals surface area contributed by atoms with Gasteiger partial charge in [-0.2, -0.15) is 0 Å². The van der Waals surface area contributed by atoms with Crippen LogP contribution < -0.4 is 5.73 Å². The van der Waals surface area contributed by atoms with Gasteiger partial charge in [0.15, 0.2) is 0 Å². The van der Waals surface area contributed by atoms with Gasteiger partial charge in [0.05, 0.1) is 11.8 Å². The third-order valence-corrected chi connectivity index (χ3v) is 1.75. The average Bonchev–Trinajstić information content (AvgIpc) is 2.33. The van der Waals surface area contributed by atoms with E-state index in [1.807, 2.05) is 22.9 Å². The van der Waals surface area contributed by atoms with Gasteiger partial charge in [-0.25, -0.2) is 0 Å². The molecule has 0 saturated heterocycles. The van der Waals surface area contributed by atoms with E-state index in [4.69, 9.17) is 23.1 Å². The van der Waals surface area contributed by atoms with Crippen molar-refractivity contribution in [1.29, 1.82) is 0 Å². The topological polar surface area (TPSA) is 51.2 Å². The maximum Gasteiger partial charge on any atom is 0.120 e. The molecule has 1 unspecified atom stereocenters. The van der Waals surface area contributed by atoms with Crippen LogP contribution in [-0.4, -0.2) is 20.8 Å². The second-order valence-corrected chi connectivity index (χ2v) is 3.20. The number of hydrogen-bond donors (Lipinski definition) is 2. The summed E-state index contributed by atoms with van der Waals surface area (Å²) in [5, 5.41) is 9.13. The van der Waals surface area contributed by atoms with Crippen molar-refractivity contribution >= 4 is 17.2 Å². The van der Waals surface area contributed by atoms with Gasteiger partial charge in [-0.3, -0.25) is 0 Å². The van der Waals surface area contributed by atoms with E-state index in [0.29, 0.717) is 11.5 Å². The first kappa shape index (κ1) is 9.22. The Kier molecular flexibility index (Phi) is 2.83. The minimum atomic E-state index is -0.384. The second-order valence-electron chi connectivity index (χ2n) is 2.76. The first-order chi connectivity index (χ1) is 5.61. The third kappa shape index (κ3) is 2.06. The number of rotatable bonds is 3. The van der Waals surface area contributed by atoms with Crippen LogP contribution in [0.1, 0.15) is 12.6 Å². The summed E-state index contributed by atoms with van der Waals surface area (Å²) in [6.07, 6.45) is 1.46. The van der Waals surface area contributed by atoms with Crippen LogP contribution >= 0.6 is 12.2 Å². The highest BCUT2D eigenvalue weighted by Gasteiger charge is 2.04. The average molecular weight is 184 g/mol. The third-order valence-electron chi connectivity index (χ3n) is 1.54. The first-order valence-corrected chi connectivity index (χ1v) is 4.15. The van der Waals surface area contributed by atoms with Crippen molar-refractivity contribution in [3.05, 3.63) is 24.0 Å². The van der Waals surface area contributed by atoms with E-state index in [-0.39, 0.29) is 6.10 Å². The summed E-state index contributed by atoms with van der Waals surface area (Å²) in [7, 11) is 0. The van der Waals surface area contributed by atoms with Crippen LogP contribution in [0.4, 0.5) is 0 Å². The predicted octanol–water partition coefficient (Wildman–Crippen LogP) is 0.503. The summed E-state index contributed by atoms with van der Waals surface area (Å²) >= 11 is 4.83. The highest BCUT2D eigenvalue weighted by molar-refractivity contribution is 7.80. The number of aromatic nitrogens is 1. The predicted molar refractivity (Wildman–Crippen MR) is 52.0 cm³/mol. The molecule has 0 aromatic carbocycles. The fourth-order valence-corrected chi connectivity index (χ4v) is 1.27. The van der Waals surface area contributed by atoms with Crippen molar-refractivity contribution in [2.24, 2.45) is 5.73 Å². The summed E-state index contributed by atoms with van der Waals surface area (Å²) in [4.78, 5) is 0.362. The molecule has 1 heterocycles. The van der Waals surface area contributed by atoms with Crippen molar-refractivity contribution in [2.75, 3.05) is 0 Å². The summed E-state index contributed by atoms with van der Waals surface area (Å²) < 4.78 is 1.84. The molecule has 12 heavy (non-hydrogen) atoms. The summed E-state index contributed by atoms with van der Waals surface area (Å²) in [6.45, 7) is 2.25. The van der Waals surface area contributed by atoms with E-state index < -0.39 is 0 Å². The highest BCUT2D eigenvalue weighted by atomic mass is 32.1. The molecule has 0 aliphatic heterocycles. The molecule has 0 amide bonds. The number of aliphatic hydroxyl groups is 1. The maximum absolute atomic E-state index is 9.13. The number of thiocarbonyl (C=S) groups is 1. The molecule has 0 aliphatic carbocycles. The van der Waals surface area contributed by atoms with Crippen molar-refractivity contribution in [1.82, 2.24) is 4.57 Å². The lowest BCUT2D eigenvalue weighted by molar-refractivity contribution is 0.173. The first-order valence-electron chi connectivity index (χ1n) is 3.74. The highest BCUT2D eigenvalue weighted by Crippen LogP contribution is 2.03. The molecule has 3 nitrogen and oxygen atoms in total. The van der Waals surface area contributed by atoms with Crippen molar-refractivity contribution < 1.29 is 5.11 Å². The van der Waals surface area contributed by atoms with E-state index >= 15 is 0 Å². The minimum absolute atomic E-state index is 0.362. The largest absolute Gasteiger partial charge is 0.392 e. The Labute approximate surface area is 76.8 Å². The lowest BCUT2D eigenvalue weighted by atomic mass is 10.4. The summed E-state index contributed by atoms with van der Waals surface area (Å²) in [5.41, 5.74) is 6.26. The molecule has 0 aliphatic rings. The maximum atomic E-state index is 9.13. The van der Waals surface area contributed by atoms with Crippen LogP contribution in [0.5, 0.6) is 0 Å². The molecular weight excluding hydrogens is 172 g/mol. The van der Waals surface area contributed by atoms with E-state index in [2.05, 4.69) is 0 Å². The number of nitrogens with zero attached hydrogens (tertiary/aromatic N) is 1. The lowest BCUT2D eigenvalue weighted by Gasteiger charge is -2.09. The van der Waals surface area contributed by atoms with Crippen LogP contribution in [0, 0.1) is 0 Å². The lowest BCUT2D eigenvalue weighted by Crippen LogP contribution is -2.19. The Hall–Kier alpha value is -0.870. The smallest absolute Gasteiger partial charge is 0.120 e. The van der Waals surface area contributed by atoms with Gasteiger partial charge in [-0.15, -0.1) is 0 Å². The molecule has 0 bridgehead atoms. The monoisotopic (exact) mass is 184 g/mol. The SMILES string of the molecule is CC(O)Cn1cccc1C(N)=S. The van der Waals surface area contributed by atoms with Gasteiger partial charge < -0.3 is 15.4 Å². The molecule has 1 rings (SSSR count). The Balaban J connectivity index is 2.84. The normalized spacial score (nSPS) is 12.8. The molecule has 3 N–H and O–H groups in total. The fourth-order valence-electron chi connectivity index (χ4n) is 1.08. The molecule has 0 radical (unpaired) electrons. The number of hydrogen-bond acceptors (Lipinski definition) is 2. The van der Waals surface area contributed by atoms with Crippen LogP contribution in [0.2, 0.25) is 0 Å². The van der Waals surface area contributed by atoms with Gasteiger partial charge in [0, 0.05) is 12.7 Å². The zero-order chi connectivity index (χ0) is 9.14. The zero-order valence-corrected chi connectivity index (χ0v) is 7.71. The van der Waals surface area contributed by atoms with Crippen LogP contribution in [0.3, 0.4) is 0 Å². The van der Waals surface area contributed by atoms with Crippen molar-refractivity contribution in [3.8, 4) is 0 Å². The van der Waals surface area contributed by atoms with Crippen LogP contribution in [0.25, 0.3) is 0 Å². The van der Waals surface area contributed by atoms with Crippen molar-refractivity contribution in [3.63, 3.8) is 0 Å². The van der Waals surface area contributed by atoms with E-state index in [1.165, 1.54) is 0 Å². The van der Waals surface area contributed by atoms with Gasteiger partial charge in [0.2, 0.25) is 0 Å². The van der Waals surface area contributed by atoms with E-state index in [0.717, 1.165) is 5.69 Å². The van der Waals surface area contributed by atoms with Gasteiger partial charge >= 0.3 is 0 Å². The molecule has 0 spiro atoms. The van der Waals surface area contributed by atoms with Crippen LogP contribution in [0.15, 0.2) is 18.3 Å². The summed E-state index contributed by atoms with van der Waals surface area (Å²) in [6, 6.07) is 3.70. The molecule has 1 aromatic rings. The molecule has 66 valence electrons. The molecule has 4 heteroatoms. The Morgan fingerprint density at radius 3 is 3.00 bits per heavy atom. The second kappa shape index (κ2) is 3.69. The standard InChI is InChI=1S/C8H12N2OS/c1-6(11)5-10-4-2-3-7(10)8(9)12/h2-4,6,11H,5H2,1H3,(H2,9,12). The van der Waals surface area contributed by atoms with Crippen molar-refractivity contribution in [2.45, 2.75) is 19.6 Å². The van der Waals surface area contributed by atoms with Gasteiger partial charge in [0.1, 0.15) is 4.99 Å². The van der Waals surface area contributed by atoms with Crippen LogP contribution in [-0.2, 0) is 6.54 Å². The van der Waals surface area contributed by atoms with Gasteiger partial charge in [-0.05, 0) is 19.1 Å². The summed E-state index contributed by atoms with van der Waals surface area (Å²) in [5.74, 6) is 0. The molecule has 1 atom stereocenters. The molecule has 0 fully saturated rings. The quantitative estimate of drug-likeness (QED) is 0.673. The van der Waals surface area contributed by atoms with E-state index in [1.54, 1.807) is 6.92 Å². The zero-order valence-electron chi connectivity index (χ0n) is 6.90. The van der Waals surface area contributed by atoms with Gasteiger partial charge in [0.25, 0.3) is 0 Å². The number of nitrogens with two attached hydrogens (primary N) is 1. The Bertz CT molecular complexity index is 280. The van der Waals surface area contributed by atoms with Gasteiger partial charge in [-0.1, -0.05) is 12.2 Å². The number of aliphatic hydroxyl groups excluding tert-OH is 1. The fraction of sp³-hybridized carbons (Fsp3) is 0.375. The molecular formula is C8H12N2OS. The molecule has 0 saturated carbocycles. The minimum Gasteiger partial charge on any atom is -0.392 e. The van der Waals surface area contributed by atoms with E-state index in [9.17, 15) is 0 Å². The Morgan fingerprint density at radius 1 is 1.83 bits per heavy atom.